The summed E-state index contributed by atoms with van der Waals surface area (Å²) >= 11 is 1.66. The second kappa shape index (κ2) is 6.16. The standard InChI is InChI=1S/C13H13N3OS/c1-18-12-5-3-2-4-10(12)8-16-13(17)11-9-14-6-7-15-11/h2-7,9H,8H2,1H3,(H,16,17). The van der Waals surface area contributed by atoms with Crippen molar-refractivity contribution in [1.82, 2.24) is 15.3 Å². The van der Waals surface area contributed by atoms with Crippen LogP contribution in [0, 0.1) is 0 Å². The molecule has 18 heavy (non-hydrogen) atoms. The zero-order chi connectivity index (χ0) is 12.8. The SMILES string of the molecule is CSc1ccccc1CNC(=O)c1cnccn1. The van der Waals surface area contributed by atoms with E-state index in [1.54, 1.807) is 18.0 Å². The van der Waals surface area contributed by atoms with Gasteiger partial charge in [-0.3, -0.25) is 9.78 Å². The summed E-state index contributed by atoms with van der Waals surface area (Å²) in [5.74, 6) is -0.209. The smallest absolute Gasteiger partial charge is 0.271 e. The number of hydrogen-bond donors (Lipinski definition) is 1. The molecule has 0 aliphatic carbocycles. The van der Waals surface area contributed by atoms with Crippen molar-refractivity contribution in [2.75, 3.05) is 6.26 Å². The van der Waals surface area contributed by atoms with E-state index in [1.807, 2.05) is 30.5 Å². The number of hydrogen-bond acceptors (Lipinski definition) is 4. The fourth-order valence-corrected chi connectivity index (χ4v) is 2.15. The van der Waals surface area contributed by atoms with E-state index in [0.717, 1.165) is 10.5 Å². The highest BCUT2D eigenvalue weighted by Gasteiger charge is 2.07. The Balaban J connectivity index is 2.02. The Bertz CT molecular complexity index is 531. The summed E-state index contributed by atoms with van der Waals surface area (Å²) in [6.07, 6.45) is 6.52. The van der Waals surface area contributed by atoms with E-state index < -0.39 is 0 Å². The number of thioether (sulfide) groups is 1. The van der Waals surface area contributed by atoms with E-state index >= 15 is 0 Å². The van der Waals surface area contributed by atoms with E-state index in [9.17, 15) is 4.79 Å². The van der Waals surface area contributed by atoms with Crippen molar-refractivity contribution in [3.8, 4) is 0 Å². The van der Waals surface area contributed by atoms with Crippen LogP contribution in [0.4, 0.5) is 0 Å². The lowest BCUT2D eigenvalue weighted by Gasteiger charge is -2.08. The minimum Gasteiger partial charge on any atom is -0.347 e. The number of nitrogens with one attached hydrogen (secondary N) is 1. The van der Waals surface area contributed by atoms with Gasteiger partial charge in [0, 0.05) is 23.8 Å². The number of carbonyl (C=O) groups is 1. The maximum Gasteiger partial charge on any atom is 0.271 e. The Labute approximate surface area is 110 Å². The van der Waals surface area contributed by atoms with Gasteiger partial charge in [-0.15, -0.1) is 11.8 Å². The van der Waals surface area contributed by atoms with Crippen LogP contribution in [-0.4, -0.2) is 22.1 Å². The summed E-state index contributed by atoms with van der Waals surface area (Å²) in [4.78, 5) is 20.8. The van der Waals surface area contributed by atoms with E-state index in [0.29, 0.717) is 12.2 Å². The second-order valence-electron chi connectivity index (χ2n) is 3.59. The Morgan fingerprint density at radius 3 is 2.89 bits per heavy atom. The molecule has 0 bridgehead atoms. The number of rotatable bonds is 4. The van der Waals surface area contributed by atoms with Crippen molar-refractivity contribution >= 4 is 17.7 Å². The van der Waals surface area contributed by atoms with Crippen molar-refractivity contribution in [2.24, 2.45) is 0 Å². The first-order chi connectivity index (χ1) is 8.81. The van der Waals surface area contributed by atoms with Gasteiger partial charge in [-0.1, -0.05) is 18.2 Å². The maximum atomic E-state index is 11.8. The number of amides is 1. The first kappa shape index (κ1) is 12.6. The second-order valence-corrected chi connectivity index (χ2v) is 4.43. The third-order valence-corrected chi connectivity index (χ3v) is 3.27. The van der Waals surface area contributed by atoms with Gasteiger partial charge >= 0.3 is 0 Å². The molecule has 0 aliphatic rings. The summed E-state index contributed by atoms with van der Waals surface area (Å²) in [5, 5.41) is 2.84. The van der Waals surface area contributed by atoms with Crippen LogP contribution >= 0.6 is 11.8 Å². The summed E-state index contributed by atoms with van der Waals surface area (Å²) < 4.78 is 0. The molecule has 0 spiro atoms. The van der Waals surface area contributed by atoms with E-state index in [2.05, 4.69) is 15.3 Å². The van der Waals surface area contributed by atoms with Crippen molar-refractivity contribution in [3.05, 3.63) is 54.1 Å². The number of nitrogens with zero attached hydrogens (tertiary/aromatic N) is 2. The molecule has 1 heterocycles. The normalized spacial score (nSPS) is 10.1. The van der Waals surface area contributed by atoms with E-state index in [1.165, 1.54) is 12.4 Å². The third kappa shape index (κ3) is 3.07. The number of benzene rings is 1. The molecular weight excluding hydrogens is 246 g/mol. The van der Waals surface area contributed by atoms with Gasteiger partial charge < -0.3 is 5.32 Å². The van der Waals surface area contributed by atoms with E-state index in [4.69, 9.17) is 0 Å². The zero-order valence-corrected chi connectivity index (χ0v) is 10.8. The molecule has 0 saturated carbocycles. The van der Waals surface area contributed by atoms with Crippen LogP contribution in [0.5, 0.6) is 0 Å². The highest BCUT2D eigenvalue weighted by molar-refractivity contribution is 7.98. The van der Waals surface area contributed by atoms with Gasteiger partial charge in [0.15, 0.2) is 0 Å². The molecule has 0 aliphatic heterocycles. The Morgan fingerprint density at radius 1 is 1.33 bits per heavy atom. The zero-order valence-electron chi connectivity index (χ0n) is 9.96. The predicted molar refractivity (Wildman–Crippen MR) is 71.4 cm³/mol. The average molecular weight is 259 g/mol. The molecule has 0 unspecified atom stereocenters. The van der Waals surface area contributed by atoms with Crippen LogP contribution in [0.15, 0.2) is 47.8 Å². The number of carbonyl (C=O) groups excluding carboxylic acids is 1. The van der Waals surface area contributed by atoms with Gasteiger partial charge in [0.05, 0.1) is 6.20 Å². The molecule has 1 amide bonds. The minimum absolute atomic E-state index is 0.209. The summed E-state index contributed by atoms with van der Waals surface area (Å²) in [7, 11) is 0. The summed E-state index contributed by atoms with van der Waals surface area (Å²) in [6.45, 7) is 0.492. The summed E-state index contributed by atoms with van der Waals surface area (Å²) in [6, 6.07) is 7.99. The Kier molecular flexibility index (Phi) is 4.30. The molecule has 0 atom stereocenters. The van der Waals surface area contributed by atoms with Gasteiger partial charge in [-0.25, -0.2) is 4.98 Å². The molecule has 1 aromatic carbocycles. The van der Waals surface area contributed by atoms with Crippen LogP contribution < -0.4 is 5.32 Å². The largest absolute Gasteiger partial charge is 0.347 e. The van der Waals surface area contributed by atoms with Crippen molar-refractivity contribution in [1.29, 1.82) is 0 Å². The van der Waals surface area contributed by atoms with Gasteiger partial charge in [-0.05, 0) is 17.9 Å². The Hall–Kier alpha value is -1.88. The molecule has 1 N–H and O–H groups in total. The van der Waals surface area contributed by atoms with Crippen LogP contribution in [0.1, 0.15) is 16.1 Å². The lowest BCUT2D eigenvalue weighted by Crippen LogP contribution is -2.24. The molecule has 2 aromatic rings. The van der Waals surface area contributed by atoms with Gasteiger partial charge in [0.2, 0.25) is 0 Å². The minimum atomic E-state index is -0.209. The predicted octanol–water partition coefficient (Wildman–Crippen LogP) is 2.13. The van der Waals surface area contributed by atoms with Crippen LogP contribution in [0.2, 0.25) is 0 Å². The molecular formula is C13H13N3OS. The van der Waals surface area contributed by atoms with Gasteiger partial charge in [0.1, 0.15) is 5.69 Å². The maximum absolute atomic E-state index is 11.8. The molecule has 0 saturated heterocycles. The molecule has 0 radical (unpaired) electrons. The first-order valence-corrected chi connectivity index (χ1v) is 6.70. The fraction of sp³-hybridized carbons (Fsp3) is 0.154. The first-order valence-electron chi connectivity index (χ1n) is 5.47. The molecule has 5 heteroatoms. The lowest BCUT2D eigenvalue weighted by atomic mass is 10.2. The van der Waals surface area contributed by atoms with Crippen molar-refractivity contribution in [3.63, 3.8) is 0 Å². The third-order valence-electron chi connectivity index (χ3n) is 2.43. The molecule has 1 aromatic heterocycles. The van der Waals surface area contributed by atoms with Crippen LogP contribution in [0.25, 0.3) is 0 Å². The van der Waals surface area contributed by atoms with Crippen molar-refractivity contribution < 1.29 is 4.79 Å². The highest BCUT2D eigenvalue weighted by Crippen LogP contribution is 2.19. The molecule has 0 fully saturated rings. The topological polar surface area (TPSA) is 54.9 Å². The van der Waals surface area contributed by atoms with Gasteiger partial charge in [-0.2, -0.15) is 0 Å². The molecule has 92 valence electrons. The molecule has 2 rings (SSSR count). The molecule has 4 nitrogen and oxygen atoms in total. The average Bonchev–Trinajstić information content (AvgIpc) is 2.46. The lowest BCUT2D eigenvalue weighted by molar-refractivity contribution is 0.0945. The van der Waals surface area contributed by atoms with Crippen LogP contribution in [0.3, 0.4) is 0 Å². The van der Waals surface area contributed by atoms with Gasteiger partial charge in [0.25, 0.3) is 5.91 Å². The van der Waals surface area contributed by atoms with Crippen molar-refractivity contribution in [2.45, 2.75) is 11.4 Å². The summed E-state index contributed by atoms with van der Waals surface area (Å²) in [5.41, 5.74) is 1.43. The highest BCUT2D eigenvalue weighted by atomic mass is 32.2. The van der Waals surface area contributed by atoms with E-state index in [-0.39, 0.29) is 5.91 Å². The number of aromatic nitrogens is 2. The van der Waals surface area contributed by atoms with Crippen LogP contribution in [-0.2, 0) is 6.54 Å². The quantitative estimate of drug-likeness (QED) is 0.855. The monoisotopic (exact) mass is 259 g/mol. The fourth-order valence-electron chi connectivity index (χ4n) is 1.53. The Morgan fingerprint density at radius 2 is 2.17 bits per heavy atom.